The number of nitrogens with one attached hydrogen (secondary N) is 1. The molecule has 0 saturated carbocycles. The van der Waals surface area contributed by atoms with Gasteiger partial charge in [-0.15, -0.1) is 12.4 Å². The van der Waals surface area contributed by atoms with Gasteiger partial charge >= 0.3 is 5.97 Å². The van der Waals surface area contributed by atoms with Crippen LogP contribution in [0.1, 0.15) is 29.3 Å². The maximum Gasteiger partial charge on any atom is 0.337 e. The first kappa shape index (κ1) is 14.9. The maximum absolute atomic E-state index is 11.1. The molecule has 0 spiro atoms. The van der Waals surface area contributed by atoms with Crippen LogP contribution in [0.3, 0.4) is 0 Å². The second kappa shape index (κ2) is 8.13. The first-order valence-electron chi connectivity index (χ1n) is 5.16. The summed E-state index contributed by atoms with van der Waals surface area (Å²) in [5, 5.41) is 3.30. The lowest BCUT2D eigenvalue weighted by atomic mass is 10.1. The Morgan fingerprint density at radius 3 is 2.44 bits per heavy atom. The standard InChI is InChI=1S/C12H17NO2.ClH/c1-3-8-13-9-10-4-6-11(7-5-10)12(14)15-2;/h4-7,13H,3,8-9H2,1-2H3;1H. The molecule has 0 bridgehead atoms. The van der Waals surface area contributed by atoms with Gasteiger partial charge in [-0.25, -0.2) is 4.79 Å². The molecule has 16 heavy (non-hydrogen) atoms. The molecule has 0 fully saturated rings. The molecule has 0 unspecified atom stereocenters. The molecule has 0 aliphatic heterocycles. The van der Waals surface area contributed by atoms with Crippen LogP contribution in [-0.2, 0) is 11.3 Å². The Labute approximate surface area is 103 Å². The lowest BCUT2D eigenvalue weighted by Gasteiger charge is -2.04. The Hall–Kier alpha value is -1.06. The second-order valence-corrected chi connectivity index (χ2v) is 3.37. The third-order valence-electron chi connectivity index (χ3n) is 2.13. The molecule has 0 aliphatic rings. The Kier molecular flexibility index (Phi) is 7.60. The molecule has 0 aromatic heterocycles. The lowest BCUT2D eigenvalue weighted by molar-refractivity contribution is 0.0600. The summed E-state index contributed by atoms with van der Waals surface area (Å²) in [5.74, 6) is -0.289. The van der Waals surface area contributed by atoms with Crippen LogP contribution in [0.4, 0.5) is 0 Å². The van der Waals surface area contributed by atoms with Crippen molar-refractivity contribution in [3.63, 3.8) is 0 Å². The van der Waals surface area contributed by atoms with Crippen molar-refractivity contribution in [2.24, 2.45) is 0 Å². The number of carbonyl (C=O) groups excluding carboxylic acids is 1. The van der Waals surface area contributed by atoms with Crippen LogP contribution in [0, 0.1) is 0 Å². The van der Waals surface area contributed by atoms with Crippen molar-refractivity contribution in [1.29, 1.82) is 0 Å². The highest BCUT2D eigenvalue weighted by Crippen LogP contribution is 2.05. The van der Waals surface area contributed by atoms with Gasteiger partial charge in [-0.3, -0.25) is 0 Å². The SMILES string of the molecule is CCCNCc1ccc(C(=O)OC)cc1.Cl. The van der Waals surface area contributed by atoms with Crippen molar-refractivity contribution in [1.82, 2.24) is 5.32 Å². The summed E-state index contributed by atoms with van der Waals surface area (Å²) in [4.78, 5) is 11.1. The number of halogens is 1. The van der Waals surface area contributed by atoms with E-state index in [4.69, 9.17) is 0 Å². The first-order valence-corrected chi connectivity index (χ1v) is 5.16. The van der Waals surface area contributed by atoms with Gasteiger partial charge in [0, 0.05) is 6.54 Å². The third kappa shape index (κ3) is 4.64. The highest BCUT2D eigenvalue weighted by molar-refractivity contribution is 5.89. The molecule has 0 radical (unpaired) electrons. The number of esters is 1. The van der Waals surface area contributed by atoms with E-state index in [1.807, 2.05) is 12.1 Å². The molecule has 1 N–H and O–H groups in total. The summed E-state index contributed by atoms with van der Waals surface area (Å²) in [6.45, 7) is 3.99. The molecule has 3 nitrogen and oxygen atoms in total. The minimum Gasteiger partial charge on any atom is -0.465 e. The smallest absolute Gasteiger partial charge is 0.337 e. The quantitative estimate of drug-likeness (QED) is 0.638. The summed E-state index contributed by atoms with van der Waals surface area (Å²) in [6.07, 6.45) is 1.13. The van der Waals surface area contributed by atoms with Crippen molar-refractivity contribution in [3.8, 4) is 0 Å². The number of carbonyl (C=O) groups is 1. The largest absolute Gasteiger partial charge is 0.465 e. The molecule has 0 saturated heterocycles. The highest BCUT2D eigenvalue weighted by atomic mass is 35.5. The van der Waals surface area contributed by atoms with Crippen LogP contribution < -0.4 is 5.32 Å². The van der Waals surface area contributed by atoms with Gasteiger partial charge in [-0.1, -0.05) is 19.1 Å². The maximum atomic E-state index is 11.1. The first-order chi connectivity index (χ1) is 7.27. The molecule has 90 valence electrons. The molecule has 4 heteroatoms. The fourth-order valence-corrected chi connectivity index (χ4v) is 1.29. The van der Waals surface area contributed by atoms with E-state index in [0.717, 1.165) is 19.5 Å². The monoisotopic (exact) mass is 243 g/mol. The summed E-state index contributed by atoms with van der Waals surface area (Å²) >= 11 is 0. The van der Waals surface area contributed by atoms with Crippen LogP contribution in [0.2, 0.25) is 0 Å². The van der Waals surface area contributed by atoms with Gasteiger partial charge in [0.1, 0.15) is 0 Å². The zero-order valence-corrected chi connectivity index (χ0v) is 10.5. The van der Waals surface area contributed by atoms with Gasteiger partial charge in [0.05, 0.1) is 12.7 Å². The molecular weight excluding hydrogens is 226 g/mol. The molecule has 0 amide bonds. The van der Waals surface area contributed by atoms with Gasteiger partial charge in [0.2, 0.25) is 0 Å². The summed E-state index contributed by atoms with van der Waals surface area (Å²) in [6, 6.07) is 7.45. The van der Waals surface area contributed by atoms with Crippen molar-refractivity contribution in [2.45, 2.75) is 19.9 Å². The minimum absolute atomic E-state index is 0. The third-order valence-corrected chi connectivity index (χ3v) is 2.13. The number of rotatable bonds is 5. The predicted octanol–water partition coefficient (Wildman–Crippen LogP) is 2.39. The molecular formula is C12H18ClNO2. The van der Waals surface area contributed by atoms with E-state index >= 15 is 0 Å². The van der Waals surface area contributed by atoms with E-state index < -0.39 is 0 Å². The Morgan fingerprint density at radius 1 is 1.31 bits per heavy atom. The number of hydrogen-bond donors (Lipinski definition) is 1. The predicted molar refractivity (Wildman–Crippen MR) is 67.0 cm³/mol. The van der Waals surface area contributed by atoms with E-state index in [9.17, 15) is 4.79 Å². The summed E-state index contributed by atoms with van der Waals surface area (Å²) in [7, 11) is 1.39. The summed E-state index contributed by atoms with van der Waals surface area (Å²) in [5.41, 5.74) is 1.77. The average Bonchev–Trinajstić information content (AvgIpc) is 2.29. The van der Waals surface area contributed by atoms with E-state index in [1.54, 1.807) is 12.1 Å². The van der Waals surface area contributed by atoms with Gasteiger partial charge in [-0.05, 0) is 30.7 Å². The van der Waals surface area contributed by atoms with Gasteiger partial charge in [0.15, 0.2) is 0 Å². The molecule has 0 aliphatic carbocycles. The molecule has 1 aromatic carbocycles. The Morgan fingerprint density at radius 2 is 1.94 bits per heavy atom. The van der Waals surface area contributed by atoms with E-state index in [-0.39, 0.29) is 18.4 Å². The topological polar surface area (TPSA) is 38.3 Å². The second-order valence-electron chi connectivity index (χ2n) is 3.37. The zero-order chi connectivity index (χ0) is 11.1. The average molecular weight is 244 g/mol. The zero-order valence-electron chi connectivity index (χ0n) is 9.66. The Bertz CT molecular complexity index is 311. The van der Waals surface area contributed by atoms with Crippen LogP contribution in [0.15, 0.2) is 24.3 Å². The fraction of sp³-hybridized carbons (Fsp3) is 0.417. The molecule has 0 atom stereocenters. The van der Waals surface area contributed by atoms with Crippen molar-refractivity contribution in [2.75, 3.05) is 13.7 Å². The van der Waals surface area contributed by atoms with Gasteiger partial charge in [-0.2, -0.15) is 0 Å². The van der Waals surface area contributed by atoms with E-state index in [2.05, 4.69) is 17.0 Å². The van der Waals surface area contributed by atoms with Crippen LogP contribution in [0.5, 0.6) is 0 Å². The fourth-order valence-electron chi connectivity index (χ4n) is 1.29. The van der Waals surface area contributed by atoms with Gasteiger partial charge < -0.3 is 10.1 Å². The molecule has 1 rings (SSSR count). The number of methoxy groups -OCH3 is 1. The van der Waals surface area contributed by atoms with E-state index in [0.29, 0.717) is 5.56 Å². The summed E-state index contributed by atoms with van der Waals surface area (Å²) < 4.78 is 4.62. The number of benzene rings is 1. The van der Waals surface area contributed by atoms with Crippen molar-refractivity contribution < 1.29 is 9.53 Å². The lowest BCUT2D eigenvalue weighted by Crippen LogP contribution is -2.13. The van der Waals surface area contributed by atoms with Crippen LogP contribution in [0.25, 0.3) is 0 Å². The van der Waals surface area contributed by atoms with Crippen LogP contribution in [-0.4, -0.2) is 19.6 Å². The van der Waals surface area contributed by atoms with E-state index in [1.165, 1.54) is 12.7 Å². The molecule has 0 heterocycles. The van der Waals surface area contributed by atoms with Crippen molar-refractivity contribution in [3.05, 3.63) is 35.4 Å². The minimum atomic E-state index is -0.289. The normalized spacial score (nSPS) is 9.38. The number of hydrogen-bond acceptors (Lipinski definition) is 3. The number of ether oxygens (including phenoxy) is 1. The highest BCUT2D eigenvalue weighted by Gasteiger charge is 2.03. The van der Waals surface area contributed by atoms with Crippen molar-refractivity contribution >= 4 is 18.4 Å². The Balaban J connectivity index is 0.00000225. The van der Waals surface area contributed by atoms with Crippen LogP contribution >= 0.6 is 12.4 Å². The molecule has 1 aromatic rings. The van der Waals surface area contributed by atoms with Gasteiger partial charge in [0.25, 0.3) is 0 Å².